The molecule has 0 saturated carbocycles. The van der Waals surface area contributed by atoms with Crippen molar-refractivity contribution >= 4 is 23.8 Å². The van der Waals surface area contributed by atoms with Gasteiger partial charge in [-0.3, -0.25) is 9.59 Å². The number of aliphatic hydroxyl groups excluding tert-OH is 5. The van der Waals surface area contributed by atoms with Gasteiger partial charge in [0.2, 0.25) is 0 Å². The second-order valence-electron chi connectivity index (χ2n) is 13.0. The molecule has 0 bridgehead atoms. The molecule has 14 heteroatoms. The average molecular weight is 715 g/mol. The molecule has 0 spiro atoms. The van der Waals surface area contributed by atoms with E-state index in [2.05, 4.69) is 13.8 Å². The van der Waals surface area contributed by atoms with Crippen LogP contribution in [0.3, 0.4) is 0 Å². The summed E-state index contributed by atoms with van der Waals surface area (Å²) in [5.41, 5.74) is 0. The molecule has 0 heterocycles. The number of rotatable bonds is 32. The fourth-order valence-electron chi connectivity index (χ4n) is 5.64. The predicted molar refractivity (Wildman–Crippen MR) is 183 cm³/mol. The number of aliphatic hydroxyl groups is 5. The first-order valence-corrected chi connectivity index (χ1v) is 18.3. The first-order valence-electron chi connectivity index (χ1n) is 18.3. The van der Waals surface area contributed by atoms with Crippen LogP contribution >= 0.6 is 0 Å². The number of carboxylic acids is 2. The van der Waals surface area contributed by atoms with E-state index in [1.54, 1.807) is 0 Å². The van der Waals surface area contributed by atoms with E-state index >= 15 is 0 Å². The number of carbonyl (C=O) groups is 4. The number of hydrogen-bond acceptors (Lipinski definition) is 9. The van der Waals surface area contributed by atoms with Crippen LogP contribution in [0.25, 0.3) is 0 Å². The van der Waals surface area contributed by atoms with Gasteiger partial charge in [0, 0.05) is 26.2 Å². The van der Waals surface area contributed by atoms with Gasteiger partial charge in [-0.2, -0.15) is 0 Å². The molecule has 2 amide bonds. The fraction of sp³-hybridized carbons (Fsp3) is 0.886. The number of aliphatic carboxylic acids is 2. The van der Waals surface area contributed by atoms with Gasteiger partial charge in [0.05, 0.1) is 6.10 Å². The molecule has 0 aliphatic rings. The maximum atomic E-state index is 13.0. The Bertz CT molecular complexity index is 822. The van der Waals surface area contributed by atoms with Crippen molar-refractivity contribution in [3.63, 3.8) is 0 Å². The van der Waals surface area contributed by atoms with Crippen molar-refractivity contribution in [2.24, 2.45) is 0 Å². The Morgan fingerprint density at radius 3 is 0.939 bits per heavy atom. The Hall–Kier alpha value is -1.32. The van der Waals surface area contributed by atoms with Gasteiger partial charge in [-0.1, -0.05) is 129 Å². The van der Waals surface area contributed by atoms with E-state index in [0.717, 1.165) is 74.0 Å². The molecule has 0 saturated heterocycles. The van der Waals surface area contributed by atoms with E-state index < -0.39 is 67.4 Å². The molecule has 0 aromatic rings. The molecule has 7 N–H and O–H groups in total. The summed E-state index contributed by atoms with van der Waals surface area (Å²) < 4.78 is 0. The number of carboxylic acid groups (broad SMARTS) is 2. The van der Waals surface area contributed by atoms with Crippen LogP contribution in [0.2, 0.25) is 0 Å². The standard InChI is InChI=1S/C35H66N2O11.Na.H/c1-3-5-7-9-11-13-15-17-19-21-23-36(32(43)28(39)30(41)34(45)46)25-27(38)26-37(33(44)29(40)31(42)35(47)48)24-22-20-18-16-14-12-10-8-6-4-2;;/h27-31,38-42H,3-26H2,1-2H3,(H,45,46)(H,47,48);;/q;+1;-1. The minimum Gasteiger partial charge on any atom is -1.00 e. The van der Waals surface area contributed by atoms with E-state index in [-0.39, 0.29) is 44.1 Å². The third-order valence-electron chi connectivity index (χ3n) is 8.66. The van der Waals surface area contributed by atoms with E-state index in [4.69, 9.17) is 10.2 Å². The van der Waals surface area contributed by atoms with Gasteiger partial charge in [-0.15, -0.1) is 0 Å². The number of unbranched alkanes of at least 4 members (excludes halogenated alkanes) is 18. The van der Waals surface area contributed by atoms with Crippen LogP contribution in [-0.4, -0.2) is 126 Å². The number of carbonyl (C=O) groups excluding carboxylic acids is 2. The maximum absolute atomic E-state index is 13.0. The third-order valence-corrected chi connectivity index (χ3v) is 8.66. The van der Waals surface area contributed by atoms with Crippen molar-refractivity contribution in [3.8, 4) is 0 Å². The van der Waals surface area contributed by atoms with Crippen LogP contribution in [-0.2, 0) is 19.2 Å². The summed E-state index contributed by atoms with van der Waals surface area (Å²) in [6, 6.07) is 0. The molecule has 0 aromatic carbocycles. The minimum absolute atomic E-state index is 0. The maximum Gasteiger partial charge on any atom is 1.00 e. The molecule has 0 aliphatic heterocycles. The summed E-state index contributed by atoms with van der Waals surface area (Å²) in [6.07, 6.45) is 9.81. The molecule has 0 aliphatic carbocycles. The van der Waals surface area contributed by atoms with E-state index in [0.29, 0.717) is 12.8 Å². The zero-order valence-corrected chi connectivity index (χ0v) is 32.5. The molecule has 13 nitrogen and oxygen atoms in total. The van der Waals surface area contributed by atoms with Crippen LogP contribution in [0.5, 0.6) is 0 Å². The fourth-order valence-corrected chi connectivity index (χ4v) is 5.64. The zero-order chi connectivity index (χ0) is 36.3. The van der Waals surface area contributed by atoms with Crippen LogP contribution < -0.4 is 29.6 Å². The van der Waals surface area contributed by atoms with Crippen LogP contribution in [0, 0.1) is 0 Å². The van der Waals surface area contributed by atoms with Crippen LogP contribution in [0.1, 0.15) is 144 Å². The molecule has 0 rings (SSSR count). The summed E-state index contributed by atoms with van der Waals surface area (Å²) in [5, 5.41) is 69.1. The van der Waals surface area contributed by atoms with E-state index in [1.807, 2.05) is 0 Å². The van der Waals surface area contributed by atoms with Gasteiger partial charge in [-0.25, -0.2) is 9.59 Å². The van der Waals surface area contributed by atoms with Gasteiger partial charge < -0.3 is 47.0 Å². The third kappa shape index (κ3) is 23.7. The molecule has 284 valence electrons. The molecule has 0 fully saturated rings. The molecular weight excluding hydrogens is 647 g/mol. The summed E-state index contributed by atoms with van der Waals surface area (Å²) in [5.74, 6) is -5.74. The number of amides is 2. The Kier molecular flexibility index (Phi) is 31.9. The second kappa shape index (κ2) is 31.4. The minimum atomic E-state index is -2.37. The molecule has 4 unspecified atom stereocenters. The second-order valence-corrected chi connectivity index (χ2v) is 13.0. The average Bonchev–Trinajstić information content (AvgIpc) is 3.06. The van der Waals surface area contributed by atoms with E-state index in [1.165, 1.54) is 51.4 Å². The quantitative estimate of drug-likeness (QED) is 0.0378. The smallest absolute Gasteiger partial charge is 1.00 e. The normalized spacial score (nSPS) is 14.3. The van der Waals surface area contributed by atoms with Crippen molar-refractivity contribution in [2.75, 3.05) is 26.2 Å². The van der Waals surface area contributed by atoms with Crippen LogP contribution in [0.4, 0.5) is 0 Å². The first kappa shape index (κ1) is 49.8. The van der Waals surface area contributed by atoms with Crippen molar-refractivity contribution in [3.05, 3.63) is 0 Å². The van der Waals surface area contributed by atoms with Gasteiger partial charge in [0.25, 0.3) is 11.8 Å². The zero-order valence-electron chi connectivity index (χ0n) is 31.5. The van der Waals surface area contributed by atoms with E-state index in [9.17, 15) is 44.7 Å². The Morgan fingerprint density at radius 2 is 0.694 bits per heavy atom. The number of nitrogens with zero attached hydrogens (tertiary/aromatic N) is 2. The Labute approximate surface area is 317 Å². The van der Waals surface area contributed by atoms with Gasteiger partial charge >= 0.3 is 41.5 Å². The molecule has 49 heavy (non-hydrogen) atoms. The van der Waals surface area contributed by atoms with Gasteiger partial charge in [0.15, 0.2) is 24.4 Å². The topological polar surface area (TPSA) is 216 Å². The summed E-state index contributed by atoms with van der Waals surface area (Å²) in [4.78, 5) is 50.5. The summed E-state index contributed by atoms with van der Waals surface area (Å²) in [6.45, 7) is 3.62. The largest absolute Gasteiger partial charge is 1.00 e. The van der Waals surface area contributed by atoms with Crippen molar-refractivity contribution in [1.82, 2.24) is 9.80 Å². The molecule has 0 aromatic heterocycles. The molecule has 4 atom stereocenters. The van der Waals surface area contributed by atoms with Crippen molar-refractivity contribution in [1.29, 1.82) is 0 Å². The molecular formula is C35H67N2NaO11. The SMILES string of the molecule is CCCCCCCCCCCCN(CC(O)CN(CCCCCCCCCCCC)C(=O)C(O)C(O)C(=O)O)C(=O)C(O)C(O)C(=O)O.[H-].[Na+]. The predicted octanol–water partition coefficient (Wildman–Crippen LogP) is 0.576. The van der Waals surface area contributed by atoms with Crippen molar-refractivity contribution in [2.45, 2.75) is 173 Å². The summed E-state index contributed by atoms with van der Waals surface area (Å²) in [7, 11) is 0. The van der Waals surface area contributed by atoms with Crippen LogP contribution in [0.15, 0.2) is 0 Å². The Balaban J connectivity index is -0.0000110. The van der Waals surface area contributed by atoms with Crippen molar-refractivity contribution < 1.29 is 85.9 Å². The molecule has 0 radical (unpaired) electrons. The Morgan fingerprint density at radius 1 is 0.449 bits per heavy atom. The first-order chi connectivity index (χ1) is 22.9. The van der Waals surface area contributed by atoms with Gasteiger partial charge in [-0.05, 0) is 12.8 Å². The van der Waals surface area contributed by atoms with Gasteiger partial charge in [0.1, 0.15) is 0 Å². The number of hydrogen-bond donors (Lipinski definition) is 7. The monoisotopic (exact) mass is 714 g/mol. The summed E-state index contributed by atoms with van der Waals surface area (Å²) >= 11 is 0.